The summed E-state index contributed by atoms with van der Waals surface area (Å²) < 4.78 is 38.7. The summed E-state index contributed by atoms with van der Waals surface area (Å²) in [5, 5.41) is 0. The molecule has 1 aliphatic rings. The molecule has 0 amide bonds. The molecule has 0 spiro atoms. The Bertz CT molecular complexity index is 429. The molecule has 2 rings (SSSR count). The molecule has 0 aliphatic carbocycles. The number of nitrogens with zero attached hydrogens (tertiary/aromatic N) is 2. The van der Waals surface area contributed by atoms with E-state index in [9.17, 15) is 13.2 Å². The van der Waals surface area contributed by atoms with Gasteiger partial charge in [-0.25, -0.2) is 0 Å². The third-order valence-corrected chi connectivity index (χ3v) is 3.69. The van der Waals surface area contributed by atoms with E-state index in [2.05, 4.69) is 9.80 Å². The van der Waals surface area contributed by atoms with Gasteiger partial charge < -0.3 is 4.90 Å². The zero-order valence-corrected chi connectivity index (χ0v) is 11.2. The summed E-state index contributed by atoms with van der Waals surface area (Å²) in [6, 6.07) is 6.29. The third-order valence-electron chi connectivity index (χ3n) is 3.69. The van der Waals surface area contributed by atoms with Crippen molar-refractivity contribution in [1.29, 1.82) is 0 Å². The summed E-state index contributed by atoms with van der Waals surface area (Å²) >= 11 is 0. The average Bonchev–Trinajstić information content (AvgIpc) is 2.77. The average molecular weight is 272 g/mol. The van der Waals surface area contributed by atoms with E-state index in [1.54, 1.807) is 12.1 Å². The van der Waals surface area contributed by atoms with Crippen molar-refractivity contribution in [2.45, 2.75) is 25.2 Å². The highest BCUT2D eigenvalue weighted by Gasteiger charge is 2.34. The van der Waals surface area contributed by atoms with Gasteiger partial charge in [-0.3, -0.25) is 4.90 Å². The minimum atomic E-state index is -4.27. The number of benzene rings is 1. The fraction of sp³-hybridized carbons (Fsp3) is 0.571. The van der Waals surface area contributed by atoms with Crippen molar-refractivity contribution in [3.05, 3.63) is 35.4 Å². The SMILES string of the molecule is CN(C)[C@@H]1CCN(Cc2ccccc2C(F)(F)F)C1. The fourth-order valence-electron chi connectivity index (χ4n) is 2.55. The van der Waals surface area contributed by atoms with Crippen molar-refractivity contribution in [3.63, 3.8) is 0 Å². The monoisotopic (exact) mass is 272 g/mol. The smallest absolute Gasteiger partial charge is 0.305 e. The summed E-state index contributed by atoms with van der Waals surface area (Å²) in [4.78, 5) is 4.23. The van der Waals surface area contributed by atoms with Crippen LogP contribution in [0.15, 0.2) is 24.3 Å². The Hall–Kier alpha value is -1.07. The maximum absolute atomic E-state index is 12.9. The molecular formula is C14H19F3N2. The van der Waals surface area contributed by atoms with Crippen LogP contribution < -0.4 is 0 Å². The van der Waals surface area contributed by atoms with Crippen molar-refractivity contribution < 1.29 is 13.2 Å². The van der Waals surface area contributed by atoms with Gasteiger partial charge in [0.15, 0.2) is 0 Å². The van der Waals surface area contributed by atoms with Crippen LogP contribution in [0.2, 0.25) is 0 Å². The third kappa shape index (κ3) is 3.48. The van der Waals surface area contributed by atoms with Crippen molar-refractivity contribution in [2.24, 2.45) is 0 Å². The standard InChI is InChI=1S/C14H19F3N2/c1-18(2)12-7-8-19(10-12)9-11-5-3-4-6-13(11)14(15,16)17/h3-6,12H,7-10H2,1-2H3/t12-/m1/s1. The van der Waals surface area contributed by atoms with Gasteiger partial charge in [-0.05, 0) is 32.1 Å². The molecule has 1 fully saturated rings. The fourth-order valence-corrected chi connectivity index (χ4v) is 2.55. The van der Waals surface area contributed by atoms with Gasteiger partial charge in [-0.2, -0.15) is 13.2 Å². The number of likely N-dealkylation sites (N-methyl/N-ethyl adjacent to an activating group) is 1. The molecule has 1 saturated heterocycles. The Morgan fingerprint density at radius 2 is 1.95 bits per heavy atom. The van der Waals surface area contributed by atoms with Crippen LogP contribution in [0.4, 0.5) is 13.2 Å². The molecule has 1 heterocycles. The van der Waals surface area contributed by atoms with E-state index in [1.807, 2.05) is 14.1 Å². The zero-order chi connectivity index (χ0) is 14.0. The molecule has 0 N–H and O–H groups in total. The summed E-state index contributed by atoms with van der Waals surface area (Å²) in [7, 11) is 4.02. The number of halogens is 3. The molecular weight excluding hydrogens is 253 g/mol. The summed E-state index contributed by atoms with van der Waals surface area (Å²) in [5.41, 5.74) is -0.141. The molecule has 5 heteroatoms. The lowest BCUT2D eigenvalue weighted by molar-refractivity contribution is -0.138. The van der Waals surface area contributed by atoms with Gasteiger partial charge in [0, 0.05) is 25.7 Å². The number of alkyl halides is 3. The first-order chi connectivity index (χ1) is 8.88. The van der Waals surface area contributed by atoms with E-state index in [1.165, 1.54) is 6.07 Å². The van der Waals surface area contributed by atoms with E-state index in [4.69, 9.17) is 0 Å². The van der Waals surface area contributed by atoms with Gasteiger partial charge in [0.2, 0.25) is 0 Å². The molecule has 106 valence electrons. The molecule has 19 heavy (non-hydrogen) atoms. The second kappa shape index (κ2) is 5.51. The minimum absolute atomic E-state index is 0.370. The number of rotatable bonds is 3. The molecule has 1 aromatic carbocycles. The minimum Gasteiger partial charge on any atom is -0.305 e. The largest absolute Gasteiger partial charge is 0.416 e. The molecule has 0 saturated carbocycles. The van der Waals surface area contributed by atoms with Crippen LogP contribution in [0.3, 0.4) is 0 Å². The lowest BCUT2D eigenvalue weighted by atomic mass is 10.1. The lowest BCUT2D eigenvalue weighted by Gasteiger charge is -2.21. The summed E-state index contributed by atoms with van der Waals surface area (Å²) in [6.07, 6.45) is -3.25. The molecule has 1 atom stereocenters. The van der Waals surface area contributed by atoms with Crippen LogP contribution in [-0.2, 0) is 12.7 Å². The van der Waals surface area contributed by atoms with E-state index in [0.717, 1.165) is 25.6 Å². The Morgan fingerprint density at radius 3 is 2.53 bits per heavy atom. The number of likely N-dealkylation sites (tertiary alicyclic amines) is 1. The Morgan fingerprint density at radius 1 is 1.26 bits per heavy atom. The maximum atomic E-state index is 12.9. The van der Waals surface area contributed by atoms with Gasteiger partial charge in [0.05, 0.1) is 5.56 Å². The zero-order valence-electron chi connectivity index (χ0n) is 11.2. The van der Waals surface area contributed by atoms with Gasteiger partial charge >= 0.3 is 6.18 Å². The van der Waals surface area contributed by atoms with E-state index >= 15 is 0 Å². The molecule has 0 aromatic heterocycles. The highest BCUT2D eigenvalue weighted by atomic mass is 19.4. The normalized spacial score (nSPS) is 21.3. The van der Waals surface area contributed by atoms with Crippen LogP contribution >= 0.6 is 0 Å². The van der Waals surface area contributed by atoms with E-state index < -0.39 is 11.7 Å². The highest BCUT2D eigenvalue weighted by Crippen LogP contribution is 2.32. The lowest BCUT2D eigenvalue weighted by Crippen LogP contribution is -2.31. The Kier molecular flexibility index (Phi) is 4.16. The molecule has 0 bridgehead atoms. The van der Waals surface area contributed by atoms with Crippen LogP contribution in [0, 0.1) is 0 Å². The van der Waals surface area contributed by atoms with Crippen molar-refractivity contribution in [1.82, 2.24) is 9.80 Å². The number of hydrogen-bond donors (Lipinski definition) is 0. The first-order valence-electron chi connectivity index (χ1n) is 6.42. The maximum Gasteiger partial charge on any atom is 0.416 e. The van der Waals surface area contributed by atoms with Gasteiger partial charge in [0.1, 0.15) is 0 Å². The van der Waals surface area contributed by atoms with Crippen molar-refractivity contribution in [2.75, 3.05) is 27.2 Å². The van der Waals surface area contributed by atoms with E-state index in [0.29, 0.717) is 18.2 Å². The predicted octanol–water partition coefficient (Wildman–Crippen LogP) is 2.84. The Balaban J connectivity index is 2.08. The second-order valence-corrected chi connectivity index (χ2v) is 5.30. The Labute approximate surface area is 111 Å². The predicted molar refractivity (Wildman–Crippen MR) is 68.8 cm³/mol. The van der Waals surface area contributed by atoms with Crippen LogP contribution in [0.1, 0.15) is 17.5 Å². The van der Waals surface area contributed by atoms with Gasteiger partial charge in [-0.1, -0.05) is 18.2 Å². The summed E-state index contributed by atoms with van der Waals surface area (Å²) in [5.74, 6) is 0. The quantitative estimate of drug-likeness (QED) is 0.835. The first-order valence-corrected chi connectivity index (χ1v) is 6.42. The topological polar surface area (TPSA) is 6.48 Å². The van der Waals surface area contributed by atoms with Crippen molar-refractivity contribution in [3.8, 4) is 0 Å². The molecule has 1 aromatic rings. The van der Waals surface area contributed by atoms with Gasteiger partial charge in [0.25, 0.3) is 0 Å². The van der Waals surface area contributed by atoms with Crippen molar-refractivity contribution >= 4 is 0 Å². The summed E-state index contributed by atoms with van der Waals surface area (Å²) in [6.45, 7) is 2.06. The van der Waals surface area contributed by atoms with E-state index in [-0.39, 0.29) is 0 Å². The molecule has 1 aliphatic heterocycles. The van der Waals surface area contributed by atoms with Crippen LogP contribution in [0.5, 0.6) is 0 Å². The molecule has 0 radical (unpaired) electrons. The second-order valence-electron chi connectivity index (χ2n) is 5.30. The number of hydrogen-bond acceptors (Lipinski definition) is 2. The molecule has 2 nitrogen and oxygen atoms in total. The highest BCUT2D eigenvalue weighted by molar-refractivity contribution is 5.29. The first kappa shape index (κ1) is 14.3. The molecule has 0 unspecified atom stereocenters. The van der Waals surface area contributed by atoms with Crippen LogP contribution in [-0.4, -0.2) is 43.0 Å². The van der Waals surface area contributed by atoms with Gasteiger partial charge in [-0.15, -0.1) is 0 Å². The van der Waals surface area contributed by atoms with Crippen LogP contribution in [0.25, 0.3) is 0 Å².